The van der Waals surface area contributed by atoms with Gasteiger partial charge in [0.25, 0.3) is 0 Å². The monoisotopic (exact) mass is 724 g/mol. The molecule has 0 atom stereocenters. The van der Waals surface area contributed by atoms with Crippen molar-refractivity contribution in [3.8, 4) is 39.5 Å². The fourth-order valence-electron chi connectivity index (χ4n) is 5.70. The minimum Gasteiger partial charge on any atom is -0.656 e. The molecule has 0 spiro atoms. The van der Waals surface area contributed by atoms with Crippen LogP contribution in [0.2, 0.25) is 0 Å². The zero-order chi connectivity index (χ0) is 31.0. The van der Waals surface area contributed by atoms with Gasteiger partial charge in [-0.25, -0.2) is 9.97 Å². The van der Waals surface area contributed by atoms with E-state index in [1.807, 2.05) is 109 Å². The molecular weight excluding hydrogens is 702 g/mol. The van der Waals surface area contributed by atoms with E-state index >= 15 is 0 Å². The molecule has 3 aromatic carbocycles. The van der Waals surface area contributed by atoms with Crippen LogP contribution in [0.1, 0.15) is 22.8 Å². The number of benzene rings is 3. The fourth-order valence-corrected chi connectivity index (χ4v) is 6.14. The Morgan fingerprint density at radius 1 is 0.511 bits per heavy atom. The van der Waals surface area contributed by atoms with Crippen molar-refractivity contribution in [1.29, 1.82) is 0 Å². The van der Waals surface area contributed by atoms with Gasteiger partial charge in [-0.3, -0.25) is 0 Å². The van der Waals surface area contributed by atoms with E-state index in [0.717, 1.165) is 65.9 Å². The van der Waals surface area contributed by atoms with Crippen molar-refractivity contribution < 1.29 is 29.0 Å². The van der Waals surface area contributed by atoms with Crippen molar-refractivity contribution >= 4 is 62.3 Å². The quantitative estimate of drug-likeness (QED) is 0.165. The average Bonchev–Trinajstić information content (AvgIpc) is 3.93. The summed E-state index contributed by atoms with van der Waals surface area (Å²) >= 11 is 3.81. The number of halogens is 1. The molecule has 222 valence electrons. The maximum absolute atomic E-state index is 6.58. The second kappa shape index (κ2) is 13.0. The molecule has 0 saturated carbocycles. The van der Waals surface area contributed by atoms with Crippen LogP contribution in [-0.2, 0) is 19.5 Å². The predicted octanol–water partition coefficient (Wildman–Crippen LogP) is 9.81. The second-order valence-corrected chi connectivity index (χ2v) is 11.6. The first-order valence-electron chi connectivity index (χ1n) is 14.8. The Kier molecular flexibility index (Phi) is 8.46. The second-order valence-electron chi connectivity index (χ2n) is 10.8. The number of hydrogen-bond acceptors (Lipinski definition) is 4. The summed E-state index contributed by atoms with van der Waals surface area (Å²) in [4.78, 5) is 20.4. The molecule has 2 aliphatic rings. The Bertz CT molecular complexity index is 2190. The van der Waals surface area contributed by atoms with Crippen LogP contribution in [0.3, 0.4) is 0 Å². The van der Waals surface area contributed by atoms with Gasteiger partial charge >= 0.3 is 19.5 Å². The Morgan fingerprint density at radius 2 is 0.936 bits per heavy atom. The van der Waals surface area contributed by atoms with Crippen LogP contribution in [0.4, 0.5) is 0 Å². The van der Waals surface area contributed by atoms with Crippen LogP contribution in [0.5, 0.6) is 17.2 Å². The van der Waals surface area contributed by atoms with Crippen molar-refractivity contribution in [2.75, 3.05) is 7.11 Å². The summed E-state index contributed by atoms with van der Waals surface area (Å²) in [6, 6.07) is 36.0. The Balaban J connectivity index is 0.00000351. The Morgan fingerprint density at radius 3 is 1.40 bits per heavy atom. The molecule has 0 N–H and O–H groups in total. The molecule has 8 heteroatoms. The molecule has 8 bridgehead atoms. The minimum atomic E-state index is 0. The number of aromatic nitrogens is 4. The molecule has 5 heterocycles. The van der Waals surface area contributed by atoms with Gasteiger partial charge in [0.1, 0.15) is 22.9 Å². The number of ether oxygens (including phenoxy) is 2. The standard InChI is InChI=1S/C39H25BrN4O2.Zn/c1-45-26-12-14-27(15-13-26)46-39-34-22-18-30(43-34)36(24-8-4-2-5-9-24)28-16-20-32(41-28)38(40)33-21-17-29(42-33)37(25-10-6-3-7-11-25)31-19-23-35(39)44-31;/h2-23H,1H3;/q-2;+2. The van der Waals surface area contributed by atoms with Crippen molar-refractivity contribution in [2.45, 2.75) is 0 Å². The van der Waals surface area contributed by atoms with Gasteiger partial charge in [-0.1, -0.05) is 101 Å². The summed E-state index contributed by atoms with van der Waals surface area (Å²) in [6.07, 6.45) is 7.97. The Labute approximate surface area is 292 Å². The number of rotatable bonds is 5. The molecule has 47 heavy (non-hydrogen) atoms. The maximum Gasteiger partial charge on any atom is 2.00 e. The van der Waals surface area contributed by atoms with Gasteiger partial charge in [-0.05, 0) is 75.3 Å². The van der Waals surface area contributed by atoms with Crippen molar-refractivity contribution in [3.63, 3.8) is 0 Å². The number of nitrogens with zero attached hydrogens (tertiary/aromatic N) is 4. The van der Waals surface area contributed by atoms with Crippen molar-refractivity contribution in [1.82, 2.24) is 19.9 Å². The van der Waals surface area contributed by atoms with Gasteiger partial charge in [0, 0.05) is 0 Å². The summed E-state index contributed by atoms with van der Waals surface area (Å²) in [5.41, 5.74) is 9.93. The molecule has 0 amide bonds. The summed E-state index contributed by atoms with van der Waals surface area (Å²) in [6.45, 7) is 0. The molecule has 0 fully saturated rings. The minimum absolute atomic E-state index is 0. The van der Waals surface area contributed by atoms with Crippen LogP contribution in [0.15, 0.2) is 114 Å². The third kappa shape index (κ3) is 5.87. The van der Waals surface area contributed by atoms with Crippen molar-refractivity contribution in [2.24, 2.45) is 0 Å². The van der Waals surface area contributed by atoms with E-state index in [9.17, 15) is 0 Å². The fraction of sp³-hybridized carbons (Fsp3) is 0.0256. The Hall–Kier alpha value is -5.04. The molecule has 0 unspecified atom stereocenters. The number of fused-ring (bicyclic) bond motifs is 8. The van der Waals surface area contributed by atoms with Crippen molar-refractivity contribution in [3.05, 3.63) is 136 Å². The SMILES string of the molecule is COc1ccc(Oc2c3nc(c(-c4ccccc4)c4ccc([n-]4)c(Br)c4ccc([n-]4)c(-c4ccccc4)c4nc2C=C4)C=C3)cc1.[Zn+2]. The maximum atomic E-state index is 6.58. The van der Waals surface area contributed by atoms with Gasteiger partial charge in [-0.2, -0.15) is 0 Å². The first kappa shape index (κ1) is 30.6. The molecule has 2 aliphatic heterocycles. The first-order chi connectivity index (χ1) is 22.6. The predicted molar refractivity (Wildman–Crippen MR) is 188 cm³/mol. The van der Waals surface area contributed by atoms with E-state index in [0.29, 0.717) is 22.9 Å². The zero-order valence-electron chi connectivity index (χ0n) is 25.4. The van der Waals surface area contributed by atoms with Gasteiger partial charge in [0.15, 0.2) is 5.75 Å². The van der Waals surface area contributed by atoms with E-state index in [-0.39, 0.29) is 19.5 Å². The number of hydrogen-bond donors (Lipinski definition) is 0. The molecule has 0 aliphatic carbocycles. The third-order valence-electron chi connectivity index (χ3n) is 7.90. The smallest absolute Gasteiger partial charge is 0.656 e. The van der Waals surface area contributed by atoms with Crippen LogP contribution < -0.4 is 19.4 Å². The van der Waals surface area contributed by atoms with E-state index in [1.165, 1.54) is 0 Å². The average molecular weight is 727 g/mol. The van der Waals surface area contributed by atoms with E-state index in [2.05, 4.69) is 40.2 Å². The first-order valence-corrected chi connectivity index (χ1v) is 15.6. The molecule has 6 nitrogen and oxygen atoms in total. The molecule has 6 aromatic rings. The van der Waals surface area contributed by atoms with E-state index in [1.54, 1.807) is 7.11 Å². The summed E-state index contributed by atoms with van der Waals surface area (Å²) < 4.78 is 12.8. The van der Waals surface area contributed by atoms with E-state index in [4.69, 9.17) is 29.4 Å². The molecule has 3 aromatic heterocycles. The molecule has 8 rings (SSSR count). The van der Waals surface area contributed by atoms with Gasteiger partial charge in [-0.15, -0.1) is 22.1 Å². The molecular formula is C39H25BrN4O2Zn. The zero-order valence-corrected chi connectivity index (χ0v) is 29.9. The summed E-state index contributed by atoms with van der Waals surface area (Å²) in [5, 5.41) is 0. The number of methoxy groups -OCH3 is 1. The normalized spacial score (nSPS) is 11.7. The van der Waals surface area contributed by atoms with Crippen LogP contribution in [-0.4, -0.2) is 17.1 Å². The molecule has 0 radical (unpaired) electrons. The van der Waals surface area contributed by atoms with Gasteiger partial charge < -0.3 is 19.4 Å². The van der Waals surface area contributed by atoms with Crippen LogP contribution >= 0.6 is 15.9 Å². The topological polar surface area (TPSA) is 72.4 Å². The van der Waals surface area contributed by atoms with Gasteiger partial charge in [0.2, 0.25) is 0 Å². The largest absolute Gasteiger partial charge is 2.00 e. The third-order valence-corrected chi connectivity index (χ3v) is 8.72. The summed E-state index contributed by atoms with van der Waals surface area (Å²) in [7, 11) is 1.64. The summed E-state index contributed by atoms with van der Waals surface area (Å²) in [5.74, 6) is 1.93. The van der Waals surface area contributed by atoms with E-state index < -0.39 is 0 Å². The van der Waals surface area contributed by atoms with Crippen LogP contribution in [0, 0.1) is 0 Å². The van der Waals surface area contributed by atoms with Crippen LogP contribution in [0.25, 0.3) is 68.6 Å². The van der Waals surface area contributed by atoms with Gasteiger partial charge in [0.05, 0.1) is 18.5 Å². The molecule has 0 saturated heterocycles.